The Morgan fingerprint density at radius 3 is 2.60 bits per heavy atom. The van der Waals surface area contributed by atoms with E-state index in [1.54, 1.807) is 6.20 Å². The van der Waals surface area contributed by atoms with Crippen molar-refractivity contribution in [3.8, 4) is 11.6 Å². The smallest absolute Gasteiger partial charge is 0.416 e. The number of rotatable bonds is 6. The van der Waals surface area contributed by atoms with E-state index in [4.69, 9.17) is 9.72 Å². The number of hydrogen-bond acceptors (Lipinski definition) is 6. The van der Waals surface area contributed by atoms with E-state index in [9.17, 15) is 27.9 Å². The van der Waals surface area contributed by atoms with E-state index in [-0.39, 0.29) is 24.2 Å². The number of para-hydroxylation sites is 1. The van der Waals surface area contributed by atoms with Crippen LogP contribution in [0.25, 0.3) is 0 Å². The van der Waals surface area contributed by atoms with Gasteiger partial charge in [0, 0.05) is 18.8 Å². The maximum Gasteiger partial charge on any atom is 0.416 e. The zero-order valence-corrected chi connectivity index (χ0v) is 22.4. The Kier molecular flexibility index (Phi) is 7.05. The van der Waals surface area contributed by atoms with Crippen molar-refractivity contribution in [2.24, 2.45) is 0 Å². The number of nitrogens with one attached hydrogen (secondary N) is 1. The van der Waals surface area contributed by atoms with Crippen molar-refractivity contribution in [2.75, 3.05) is 6.54 Å². The van der Waals surface area contributed by atoms with Crippen molar-refractivity contribution in [2.45, 2.75) is 49.9 Å². The number of ether oxygens (including phenoxy) is 1. The van der Waals surface area contributed by atoms with E-state index in [0.717, 1.165) is 36.6 Å². The molecule has 2 aromatic heterocycles. The molecule has 216 valence electrons. The molecule has 1 amide bonds. The quantitative estimate of drug-likeness (QED) is 0.332. The lowest BCUT2D eigenvalue weighted by atomic mass is 9.95. The van der Waals surface area contributed by atoms with Gasteiger partial charge in [-0.2, -0.15) is 13.2 Å². The number of fused-ring (bicyclic) bond motifs is 1. The lowest BCUT2D eigenvalue weighted by molar-refractivity contribution is -0.142. The molecule has 11 heteroatoms. The summed E-state index contributed by atoms with van der Waals surface area (Å²) in [6.07, 6.45) is -2.29. The SMILES string of the molecule is O=C([C@H](O)c1cccc(C(F)(F)F)c1)N1CCCc2nc(C3(c4ccnc(Oc5ccccc5)c4)CC3)[nH]c(=O)c2C1. The number of aromatic amines is 1. The molecule has 2 aliphatic rings. The Morgan fingerprint density at radius 1 is 1.07 bits per heavy atom. The fourth-order valence-corrected chi connectivity index (χ4v) is 5.40. The molecular formula is C31H27F3N4O4. The third kappa shape index (κ3) is 5.39. The third-order valence-corrected chi connectivity index (χ3v) is 7.82. The molecule has 0 unspecified atom stereocenters. The van der Waals surface area contributed by atoms with Crippen LogP contribution < -0.4 is 10.3 Å². The number of halogens is 3. The molecule has 1 aliphatic carbocycles. The second-order valence-corrected chi connectivity index (χ2v) is 10.6. The number of aromatic nitrogens is 3. The maximum atomic E-state index is 13.4. The summed E-state index contributed by atoms with van der Waals surface area (Å²) in [5.41, 5.74) is -0.204. The Bertz CT molecular complexity index is 1690. The average Bonchev–Trinajstić information content (AvgIpc) is 3.82. The molecule has 1 fully saturated rings. The van der Waals surface area contributed by atoms with Gasteiger partial charge in [-0.3, -0.25) is 9.59 Å². The summed E-state index contributed by atoms with van der Waals surface area (Å²) in [7, 11) is 0. The first-order valence-corrected chi connectivity index (χ1v) is 13.6. The van der Waals surface area contributed by atoms with Gasteiger partial charge >= 0.3 is 6.18 Å². The van der Waals surface area contributed by atoms with Gasteiger partial charge in [0.15, 0.2) is 6.10 Å². The lowest BCUT2D eigenvalue weighted by Crippen LogP contribution is -2.36. The molecule has 2 N–H and O–H groups in total. The van der Waals surface area contributed by atoms with Crippen molar-refractivity contribution in [3.05, 3.63) is 117 Å². The van der Waals surface area contributed by atoms with Crippen LogP contribution in [0.2, 0.25) is 0 Å². The Labute approximate surface area is 238 Å². The summed E-state index contributed by atoms with van der Waals surface area (Å²) < 4.78 is 45.4. The summed E-state index contributed by atoms with van der Waals surface area (Å²) >= 11 is 0. The normalized spacial score (nSPS) is 16.7. The standard InChI is InChI=1S/C31H27F3N4O4/c32-31(33,34)21-7-4-6-19(16-21)26(39)28(41)38-15-5-10-24-23(18-38)27(40)37-29(36-24)30(12-13-30)20-11-14-35-25(17-20)42-22-8-2-1-3-9-22/h1-4,6-9,11,14,16-17,26,39H,5,10,12-13,15,18H2,(H,36,37,40)/t26-/m1/s1. The van der Waals surface area contributed by atoms with E-state index in [1.165, 1.54) is 11.0 Å². The molecule has 42 heavy (non-hydrogen) atoms. The summed E-state index contributed by atoms with van der Waals surface area (Å²) in [6.45, 7) is 0.111. The number of hydrogen-bond donors (Lipinski definition) is 2. The summed E-state index contributed by atoms with van der Waals surface area (Å²) in [5, 5.41) is 10.7. The number of nitrogens with zero attached hydrogens (tertiary/aromatic N) is 3. The van der Waals surface area contributed by atoms with Crippen molar-refractivity contribution >= 4 is 5.91 Å². The van der Waals surface area contributed by atoms with Crippen LogP contribution in [0.5, 0.6) is 11.6 Å². The molecule has 6 rings (SSSR count). The molecule has 1 aliphatic heterocycles. The number of carbonyl (C=O) groups excluding carboxylic acids is 1. The minimum absolute atomic E-state index is 0.107. The van der Waals surface area contributed by atoms with E-state index < -0.39 is 29.2 Å². The number of aliphatic hydroxyl groups excluding tert-OH is 1. The van der Waals surface area contributed by atoms with Gasteiger partial charge in [-0.15, -0.1) is 0 Å². The van der Waals surface area contributed by atoms with E-state index in [2.05, 4.69) is 9.97 Å². The van der Waals surface area contributed by atoms with Crippen LogP contribution in [0.4, 0.5) is 13.2 Å². The summed E-state index contributed by atoms with van der Waals surface area (Å²) in [6, 6.07) is 17.1. The van der Waals surface area contributed by atoms with Crippen molar-refractivity contribution < 1.29 is 27.8 Å². The van der Waals surface area contributed by atoms with Gasteiger partial charge in [-0.25, -0.2) is 9.97 Å². The maximum absolute atomic E-state index is 13.4. The average molecular weight is 577 g/mol. The van der Waals surface area contributed by atoms with Crippen LogP contribution in [0.15, 0.2) is 77.7 Å². The number of aliphatic hydroxyl groups is 1. The first kappa shape index (κ1) is 27.6. The predicted octanol–water partition coefficient (Wildman–Crippen LogP) is 5.06. The van der Waals surface area contributed by atoms with E-state index >= 15 is 0 Å². The number of amides is 1. The number of pyridine rings is 1. The zero-order chi connectivity index (χ0) is 29.5. The van der Waals surface area contributed by atoms with Crippen LogP contribution in [-0.4, -0.2) is 37.4 Å². The van der Waals surface area contributed by atoms with Gasteiger partial charge in [0.05, 0.1) is 28.8 Å². The van der Waals surface area contributed by atoms with Crippen molar-refractivity contribution in [1.82, 2.24) is 19.9 Å². The minimum Gasteiger partial charge on any atom is -0.439 e. The highest BCUT2D eigenvalue weighted by molar-refractivity contribution is 5.82. The van der Waals surface area contributed by atoms with Gasteiger partial charge in [0.1, 0.15) is 11.6 Å². The molecule has 1 saturated carbocycles. The van der Waals surface area contributed by atoms with Crippen LogP contribution in [-0.2, 0) is 29.4 Å². The highest BCUT2D eigenvalue weighted by Gasteiger charge is 2.49. The highest BCUT2D eigenvalue weighted by Crippen LogP contribution is 2.52. The van der Waals surface area contributed by atoms with Crippen molar-refractivity contribution in [1.29, 1.82) is 0 Å². The number of aryl methyl sites for hydroxylation is 1. The molecule has 3 heterocycles. The number of H-pyrrole nitrogens is 1. The monoisotopic (exact) mass is 576 g/mol. The van der Waals surface area contributed by atoms with Gasteiger partial charge in [-0.05, 0) is 67.1 Å². The minimum atomic E-state index is -4.61. The van der Waals surface area contributed by atoms with Gasteiger partial charge in [0.25, 0.3) is 11.5 Å². The topological polar surface area (TPSA) is 108 Å². The first-order valence-electron chi connectivity index (χ1n) is 13.6. The van der Waals surface area contributed by atoms with E-state index in [1.807, 2.05) is 42.5 Å². The van der Waals surface area contributed by atoms with Crippen molar-refractivity contribution in [3.63, 3.8) is 0 Å². The predicted molar refractivity (Wildman–Crippen MR) is 146 cm³/mol. The highest BCUT2D eigenvalue weighted by atomic mass is 19.4. The number of alkyl halides is 3. The molecule has 8 nitrogen and oxygen atoms in total. The molecule has 0 spiro atoms. The van der Waals surface area contributed by atoms with Crippen LogP contribution in [0.3, 0.4) is 0 Å². The fourth-order valence-electron chi connectivity index (χ4n) is 5.40. The Morgan fingerprint density at radius 2 is 1.86 bits per heavy atom. The molecular weight excluding hydrogens is 549 g/mol. The second kappa shape index (κ2) is 10.7. The number of benzene rings is 2. The first-order chi connectivity index (χ1) is 20.1. The molecule has 0 bridgehead atoms. The molecule has 1 atom stereocenters. The Balaban J connectivity index is 1.24. The summed E-state index contributed by atoms with van der Waals surface area (Å²) in [4.78, 5) is 39.9. The van der Waals surface area contributed by atoms with E-state index in [0.29, 0.717) is 41.6 Å². The fraction of sp³-hybridized carbons (Fsp3) is 0.290. The van der Waals surface area contributed by atoms with Gasteiger partial charge in [0.2, 0.25) is 5.88 Å². The summed E-state index contributed by atoms with van der Waals surface area (Å²) in [5.74, 6) is 0.843. The molecule has 0 radical (unpaired) electrons. The largest absolute Gasteiger partial charge is 0.439 e. The Hall–Kier alpha value is -4.51. The van der Waals surface area contributed by atoms with Crippen LogP contribution >= 0.6 is 0 Å². The van der Waals surface area contributed by atoms with Gasteiger partial charge < -0.3 is 19.7 Å². The van der Waals surface area contributed by atoms with Crippen LogP contribution in [0.1, 0.15) is 59.1 Å². The lowest BCUT2D eigenvalue weighted by Gasteiger charge is -2.24. The van der Waals surface area contributed by atoms with Gasteiger partial charge in [-0.1, -0.05) is 30.3 Å². The molecule has 0 saturated heterocycles. The van der Waals surface area contributed by atoms with Crippen LogP contribution in [0, 0.1) is 0 Å². The number of carbonyl (C=O) groups is 1. The second-order valence-electron chi connectivity index (χ2n) is 10.6. The molecule has 4 aromatic rings. The third-order valence-electron chi connectivity index (χ3n) is 7.82. The zero-order valence-electron chi connectivity index (χ0n) is 22.4. The molecule has 2 aromatic carbocycles.